The second-order valence-electron chi connectivity index (χ2n) is 4.27. The number of carboxylic acid groups (broad SMARTS) is 1. The highest BCUT2D eigenvalue weighted by molar-refractivity contribution is 7.15. The second-order valence-corrected chi connectivity index (χ2v) is 5.30. The number of aryl methyl sites for hydroxylation is 1. The fourth-order valence-electron chi connectivity index (χ4n) is 2.40. The molecule has 0 fully saturated rings. The normalized spacial score (nSPS) is 11.4. The molecule has 0 aliphatic heterocycles. The molecule has 6 heteroatoms. The lowest BCUT2D eigenvalue weighted by Crippen LogP contribution is -2.19. The minimum atomic E-state index is -1.00. The summed E-state index contributed by atoms with van der Waals surface area (Å²) in [6.45, 7) is 2.38. The number of fused-ring (bicyclic) bond motifs is 3. The summed E-state index contributed by atoms with van der Waals surface area (Å²) in [7, 11) is 0. The maximum absolute atomic E-state index is 12.3. The summed E-state index contributed by atoms with van der Waals surface area (Å²) in [6, 6.07) is 7.80. The van der Waals surface area contributed by atoms with Crippen molar-refractivity contribution in [2.24, 2.45) is 0 Å². The van der Waals surface area contributed by atoms with E-state index in [2.05, 4.69) is 0 Å². The SMILES string of the molecule is CCn1c2ccccc2c2sn(CC(=O)O)c(=O)c21. The molecule has 3 rings (SSSR count). The van der Waals surface area contributed by atoms with E-state index in [9.17, 15) is 9.59 Å². The largest absolute Gasteiger partial charge is 0.480 e. The molecule has 0 atom stereocenters. The van der Waals surface area contributed by atoms with Crippen LogP contribution < -0.4 is 5.56 Å². The Bertz CT molecular complexity index is 841. The number of hydrogen-bond acceptors (Lipinski definition) is 3. The first-order chi connectivity index (χ1) is 9.13. The van der Waals surface area contributed by atoms with Gasteiger partial charge in [0.1, 0.15) is 12.1 Å². The van der Waals surface area contributed by atoms with E-state index >= 15 is 0 Å². The first-order valence-electron chi connectivity index (χ1n) is 5.96. The van der Waals surface area contributed by atoms with Gasteiger partial charge in [-0.2, -0.15) is 0 Å². The van der Waals surface area contributed by atoms with Crippen molar-refractivity contribution in [2.45, 2.75) is 20.0 Å². The standard InChI is InChI=1S/C13H12N2O3S/c1-2-14-9-6-4-3-5-8(9)12-11(14)13(18)15(19-12)7-10(16)17/h3-6H,2,7H2,1H3,(H,16,17). The molecule has 19 heavy (non-hydrogen) atoms. The van der Waals surface area contributed by atoms with E-state index in [1.807, 2.05) is 35.8 Å². The maximum Gasteiger partial charge on any atom is 0.324 e. The van der Waals surface area contributed by atoms with Gasteiger partial charge in [-0.05, 0) is 13.0 Å². The number of hydrogen-bond donors (Lipinski definition) is 1. The van der Waals surface area contributed by atoms with Crippen LogP contribution in [-0.4, -0.2) is 19.6 Å². The van der Waals surface area contributed by atoms with Crippen LogP contribution in [0.1, 0.15) is 6.92 Å². The van der Waals surface area contributed by atoms with Crippen molar-refractivity contribution < 1.29 is 9.90 Å². The van der Waals surface area contributed by atoms with Gasteiger partial charge in [-0.1, -0.05) is 29.7 Å². The lowest BCUT2D eigenvalue weighted by molar-refractivity contribution is -0.137. The highest BCUT2D eigenvalue weighted by Gasteiger charge is 2.18. The van der Waals surface area contributed by atoms with Crippen LogP contribution in [0.15, 0.2) is 29.1 Å². The Morgan fingerprint density at radius 3 is 2.79 bits per heavy atom. The van der Waals surface area contributed by atoms with Gasteiger partial charge in [-0.25, -0.2) is 0 Å². The zero-order chi connectivity index (χ0) is 13.6. The van der Waals surface area contributed by atoms with E-state index in [-0.39, 0.29) is 12.1 Å². The van der Waals surface area contributed by atoms with Crippen LogP contribution >= 0.6 is 11.5 Å². The number of rotatable bonds is 3. The topological polar surface area (TPSA) is 64.2 Å². The molecule has 0 aliphatic rings. The molecule has 0 radical (unpaired) electrons. The lowest BCUT2D eigenvalue weighted by atomic mass is 10.2. The van der Waals surface area contributed by atoms with E-state index in [4.69, 9.17) is 5.11 Å². The molecule has 2 aromatic heterocycles. The smallest absolute Gasteiger partial charge is 0.324 e. The van der Waals surface area contributed by atoms with Crippen LogP contribution in [0.5, 0.6) is 0 Å². The first-order valence-corrected chi connectivity index (χ1v) is 6.73. The van der Waals surface area contributed by atoms with E-state index in [1.165, 1.54) is 15.5 Å². The first kappa shape index (κ1) is 12.0. The van der Waals surface area contributed by atoms with Crippen molar-refractivity contribution >= 4 is 38.6 Å². The van der Waals surface area contributed by atoms with Crippen LogP contribution in [0, 0.1) is 0 Å². The highest BCUT2D eigenvalue weighted by Crippen LogP contribution is 2.30. The van der Waals surface area contributed by atoms with Gasteiger partial charge >= 0.3 is 5.97 Å². The third kappa shape index (κ3) is 1.67. The number of nitrogens with zero attached hydrogens (tertiary/aromatic N) is 2. The van der Waals surface area contributed by atoms with E-state index in [0.717, 1.165) is 15.6 Å². The van der Waals surface area contributed by atoms with Crippen molar-refractivity contribution in [1.82, 2.24) is 8.52 Å². The second kappa shape index (κ2) is 4.24. The molecule has 3 aromatic rings. The van der Waals surface area contributed by atoms with Crippen molar-refractivity contribution in [2.75, 3.05) is 0 Å². The monoisotopic (exact) mass is 276 g/mol. The Morgan fingerprint density at radius 1 is 1.37 bits per heavy atom. The van der Waals surface area contributed by atoms with Crippen LogP contribution in [0.3, 0.4) is 0 Å². The fourth-order valence-corrected chi connectivity index (χ4v) is 3.52. The van der Waals surface area contributed by atoms with Gasteiger partial charge < -0.3 is 9.67 Å². The number of aliphatic carboxylic acids is 1. The van der Waals surface area contributed by atoms with Gasteiger partial charge in [0, 0.05) is 11.9 Å². The molecule has 0 saturated heterocycles. The third-order valence-corrected chi connectivity index (χ3v) is 4.26. The predicted molar refractivity (Wildman–Crippen MR) is 74.9 cm³/mol. The molecule has 0 spiro atoms. The average Bonchev–Trinajstić information content (AvgIpc) is 2.86. The van der Waals surface area contributed by atoms with Crippen LogP contribution in [0.2, 0.25) is 0 Å². The summed E-state index contributed by atoms with van der Waals surface area (Å²) < 4.78 is 4.11. The number of aromatic nitrogens is 2. The summed E-state index contributed by atoms with van der Waals surface area (Å²) in [5, 5.41) is 9.84. The molecule has 5 nitrogen and oxygen atoms in total. The van der Waals surface area contributed by atoms with Gasteiger partial charge in [0.15, 0.2) is 0 Å². The summed E-state index contributed by atoms with van der Waals surface area (Å²) in [5.74, 6) is -1.00. The Balaban J connectivity index is 2.42. The number of benzene rings is 1. The Labute approximate surface area is 112 Å². The molecule has 2 heterocycles. The van der Waals surface area contributed by atoms with Crippen molar-refractivity contribution in [1.29, 1.82) is 0 Å². The molecule has 0 aliphatic carbocycles. The van der Waals surface area contributed by atoms with E-state index < -0.39 is 5.97 Å². The molecule has 0 saturated carbocycles. The minimum absolute atomic E-state index is 0.222. The molecular weight excluding hydrogens is 264 g/mol. The zero-order valence-corrected chi connectivity index (χ0v) is 11.1. The van der Waals surface area contributed by atoms with Gasteiger partial charge in [0.2, 0.25) is 0 Å². The van der Waals surface area contributed by atoms with Gasteiger partial charge in [0.25, 0.3) is 5.56 Å². The average molecular weight is 276 g/mol. The Morgan fingerprint density at radius 2 is 2.11 bits per heavy atom. The summed E-state index contributed by atoms with van der Waals surface area (Å²) >= 11 is 1.22. The van der Waals surface area contributed by atoms with Crippen molar-refractivity contribution in [3.8, 4) is 0 Å². The van der Waals surface area contributed by atoms with E-state index in [0.29, 0.717) is 12.1 Å². The molecule has 0 amide bonds. The molecule has 0 unspecified atom stereocenters. The van der Waals surface area contributed by atoms with E-state index in [1.54, 1.807) is 0 Å². The molecule has 98 valence electrons. The van der Waals surface area contributed by atoms with Crippen LogP contribution in [0.4, 0.5) is 0 Å². The molecule has 1 aromatic carbocycles. The maximum atomic E-state index is 12.3. The minimum Gasteiger partial charge on any atom is -0.480 e. The fraction of sp³-hybridized carbons (Fsp3) is 0.231. The number of carbonyl (C=O) groups is 1. The molecular formula is C13H12N2O3S. The number of carboxylic acids is 1. The van der Waals surface area contributed by atoms with Crippen molar-refractivity contribution in [3.05, 3.63) is 34.6 Å². The van der Waals surface area contributed by atoms with Crippen LogP contribution in [-0.2, 0) is 17.9 Å². The lowest BCUT2D eigenvalue weighted by Gasteiger charge is -2.01. The highest BCUT2D eigenvalue weighted by atomic mass is 32.1. The summed E-state index contributed by atoms with van der Waals surface area (Å²) in [6.07, 6.45) is 0. The zero-order valence-electron chi connectivity index (χ0n) is 10.3. The van der Waals surface area contributed by atoms with Gasteiger partial charge in [-0.3, -0.25) is 13.5 Å². The van der Waals surface area contributed by atoms with Gasteiger partial charge in [0.05, 0.1) is 10.2 Å². The summed E-state index contributed by atoms with van der Waals surface area (Å²) in [4.78, 5) is 23.1. The van der Waals surface area contributed by atoms with Crippen molar-refractivity contribution in [3.63, 3.8) is 0 Å². The van der Waals surface area contributed by atoms with Gasteiger partial charge in [-0.15, -0.1) is 0 Å². The third-order valence-electron chi connectivity index (χ3n) is 3.15. The Hall–Kier alpha value is -2.08. The summed E-state index contributed by atoms with van der Waals surface area (Å²) in [5.41, 5.74) is 1.40. The van der Waals surface area contributed by atoms with Crippen LogP contribution in [0.25, 0.3) is 21.1 Å². The molecule has 0 bridgehead atoms. The predicted octanol–water partition coefficient (Wildman–Crippen LogP) is 2.12. The quantitative estimate of drug-likeness (QED) is 0.797. The number of para-hydroxylation sites is 1. The Kier molecular flexibility index (Phi) is 2.67. The molecule has 1 N–H and O–H groups in total.